The molecule has 0 aliphatic heterocycles. The summed E-state index contributed by atoms with van der Waals surface area (Å²) in [6.45, 7) is 5.83. The second kappa shape index (κ2) is 10.9. The van der Waals surface area contributed by atoms with Gasteiger partial charge in [-0.2, -0.15) is 15.8 Å². The summed E-state index contributed by atoms with van der Waals surface area (Å²) >= 11 is 0. The summed E-state index contributed by atoms with van der Waals surface area (Å²) in [6, 6.07) is 40.5. The highest BCUT2D eigenvalue weighted by Gasteiger charge is 2.19. The molecule has 45 heavy (non-hydrogen) atoms. The third-order valence-electron chi connectivity index (χ3n) is 8.12. The van der Waals surface area contributed by atoms with Crippen LogP contribution in [0, 0.1) is 34.0 Å². The first-order valence-electron chi connectivity index (χ1n) is 14.4. The van der Waals surface area contributed by atoms with Crippen molar-refractivity contribution in [2.24, 2.45) is 0 Å². The summed E-state index contributed by atoms with van der Waals surface area (Å²) in [7, 11) is 0. The molecule has 7 aromatic rings. The van der Waals surface area contributed by atoms with Gasteiger partial charge in [0.05, 0.1) is 40.5 Å². The normalized spacial score (nSPS) is 11.4. The number of allylic oxidation sites excluding steroid dienone is 1. The standard InChI is InChI=1S/C40H24N4O/c1-3-37-34(16-25(2)22-41)35-19-26(23-42)12-14-38(35)44(37)31-18-27(24-43)17-30(20-31)32-10-7-11-33-36-21-29(28-8-5-4-6-9-28)13-15-39(36)45-40(32)33/h3-21H,1H2,2H3/b25-16+. The fourth-order valence-electron chi connectivity index (χ4n) is 6.08. The van der Waals surface area contributed by atoms with Gasteiger partial charge in [0.25, 0.3) is 0 Å². The van der Waals surface area contributed by atoms with E-state index in [-0.39, 0.29) is 0 Å². The number of nitriles is 3. The van der Waals surface area contributed by atoms with Gasteiger partial charge in [-0.3, -0.25) is 0 Å². The van der Waals surface area contributed by atoms with Gasteiger partial charge < -0.3 is 8.98 Å². The summed E-state index contributed by atoms with van der Waals surface area (Å²) in [5.74, 6) is 0. The fourth-order valence-corrected chi connectivity index (χ4v) is 6.08. The van der Waals surface area contributed by atoms with Gasteiger partial charge in [0.1, 0.15) is 11.2 Å². The number of nitrogens with zero attached hydrogens (tertiary/aromatic N) is 4. The number of aromatic nitrogens is 1. The van der Waals surface area contributed by atoms with Gasteiger partial charge in [-0.15, -0.1) is 0 Å². The minimum atomic E-state index is 0.484. The highest BCUT2D eigenvalue weighted by molar-refractivity contribution is 6.10. The van der Waals surface area contributed by atoms with E-state index < -0.39 is 0 Å². The quantitative estimate of drug-likeness (QED) is 0.191. The molecule has 0 saturated heterocycles. The molecule has 0 fully saturated rings. The molecule has 2 heterocycles. The van der Waals surface area contributed by atoms with Crippen LogP contribution in [0.3, 0.4) is 0 Å². The van der Waals surface area contributed by atoms with Crippen molar-refractivity contribution in [3.63, 3.8) is 0 Å². The Hall–Kier alpha value is -6.61. The van der Waals surface area contributed by atoms with Gasteiger partial charge in [0.15, 0.2) is 0 Å². The van der Waals surface area contributed by atoms with Crippen molar-refractivity contribution in [2.45, 2.75) is 6.92 Å². The zero-order chi connectivity index (χ0) is 31.1. The molecule has 210 valence electrons. The largest absolute Gasteiger partial charge is 0.455 e. The minimum absolute atomic E-state index is 0.484. The Morgan fingerprint density at radius 1 is 0.733 bits per heavy atom. The van der Waals surface area contributed by atoms with E-state index in [1.165, 1.54) is 0 Å². The van der Waals surface area contributed by atoms with E-state index in [0.717, 1.165) is 72.0 Å². The first-order chi connectivity index (χ1) is 22.0. The van der Waals surface area contributed by atoms with E-state index in [1.807, 2.05) is 77.4 Å². The molecule has 0 aliphatic rings. The van der Waals surface area contributed by atoms with Gasteiger partial charge in [-0.1, -0.05) is 61.2 Å². The van der Waals surface area contributed by atoms with E-state index in [9.17, 15) is 15.8 Å². The summed E-state index contributed by atoms with van der Waals surface area (Å²) in [5, 5.41) is 32.1. The molecule has 5 nitrogen and oxygen atoms in total. The molecule has 0 spiro atoms. The number of rotatable bonds is 5. The topological polar surface area (TPSA) is 89.4 Å². The fraction of sp³-hybridized carbons (Fsp3) is 0.0250. The Bertz CT molecular complexity index is 2490. The Morgan fingerprint density at radius 3 is 2.31 bits per heavy atom. The van der Waals surface area contributed by atoms with Crippen LogP contribution < -0.4 is 0 Å². The number of benzene rings is 5. The highest BCUT2D eigenvalue weighted by Crippen LogP contribution is 2.40. The maximum absolute atomic E-state index is 10.1. The molecular formula is C40H24N4O. The maximum Gasteiger partial charge on any atom is 0.143 e. The predicted molar refractivity (Wildman–Crippen MR) is 180 cm³/mol. The monoisotopic (exact) mass is 576 g/mol. The number of hydrogen-bond acceptors (Lipinski definition) is 4. The highest BCUT2D eigenvalue weighted by atomic mass is 16.3. The predicted octanol–water partition coefficient (Wildman–Crippen LogP) is 10.2. The number of fused-ring (bicyclic) bond motifs is 4. The van der Waals surface area contributed by atoms with Crippen molar-refractivity contribution in [1.82, 2.24) is 4.57 Å². The summed E-state index contributed by atoms with van der Waals surface area (Å²) < 4.78 is 8.50. The van der Waals surface area contributed by atoms with E-state index in [0.29, 0.717) is 16.7 Å². The van der Waals surface area contributed by atoms with Gasteiger partial charge >= 0.3 is 0 Å². The van der Waals surface area contributed by atoms with Crippen LogP contribution in [0.4, 0.5) is 0 Å². The summed E-state index contributed by atoms with van der Waals surface area (Å²) in [6.07, 6.45) is 3.55. The number of hydrogen-bond donors (Lipinski definition) is 0. The summed E-state index contributed by atoms with van der Waals surface area (Å²) in [5.41, 5.74) is 10.1. The van der Waals surface area contributed by atoms with Crippen molar-refractivity contribution >= 4 is 45.0 Å². The molecule has 2 aromatic heterocycles. The van der Waals surface area contributed by atoms with Gasteiger partial charge in [-0.05, 0) is 84.3 Å². The number of furan rings is 1. The lowest BCUT2D eigenvalue weighted by Crippen LogP contribution is -1.99. The Kier molecular flexibility index (Phi) is 6.60. The summed E-state index contributed by atoms with van der Waals surface area (Å²) in [4.78, 5) is 0. The molecule has 0 atom stereocenters. The Balaban J connectivity index is 1.47. The van der Waals surface area contributed by atoms with Crippen molar-refractivity contribution in [3.8, 4) is 46.1 Å². The van der Waals surface area contributed by atoms with Gasteiger partial charge in [-0.25, -0.2) is 0 Å². The molecule has 0 radical (unpaired) electrons. The second-order valence-electron chi connectivity index (χ2n) is 10.9. The van der Waals surface area contributed by atoms with E-state index in [1.54, 1.807) is 19.1 Å². The van der Waals surface area contributed by atoms with Crippen LogP contribution >= 0.6 is 0 Å². The molecule has 0 saturated carbocycles. The zero-order valence-electron chi connectivity index (χ0n) is 24.4. The second-order valence-corrected chi connectivity index (χ2v) is 10.9. The van der Waals surface area contributed by atoms with Crippen LogP contribution in [0.25, 0.3) is 72.9 Å². The Morgan fingerprint density at radius 2 is 1.56 bits per heavy atom. The van der Waals surface area contributed by atoms with Crippen LogP contribution in [-0.4, -0.2) is 4.57 Å². The smallest absolute Gasteiger partial charge is 0.143 e. The van der Waals surface area contributed by atoms with Crippen molar-refractivity contribution < 1.29 is 4.42 Å². The molecule has 7 rings (SSSR count). The van der Waals surface area contributed by atoms with Crippen molar-refractivity contribution in [3.05, 3.63) is 138 Å². The third-order valence-corrected chi connectivity index (χ3v) is 8.12. The van der Waals surface area contributed by atoms with Gasteiger partial charge in [0.2, 0.25) is 0 Å². The Labute approximate surface area is 260 Å². The van der Waals surface area contributed by atoms with Crippen LogP contribution in [0.15, 0.2) is 120 Å². The average Bonchev–Trinajstić information content (AvgIpc) is 3.62. The first-order valence-corrected chi connectivity index (χ1v) is 14.4. The lowest BCUT2D eigenvalue weighted by atomic mass is 9.98. The lowest BCUT2D eigenvalue weighted by molar-refractivity contribution is 0.670. The molecular weight excluding hydrogens is 552 g/mol. The molecule has 0 N–H and O–H groups in total. The lowest BCUT2D eigenvalue weighted by Gasteiger charge is -2.13. The van der Waals surface area contributed by atoms with Crippen LogP contribution in [0.2, 0.25) is 0 Å². The third kappa shape index (κ3) is 4.56. The molecule has 5 aromatic carbocycles. The molecule has 0 aliphatic carbocycles. The van der Waals surface area contributed by atoms with Crippen LogP contribution in [0.1, 0.15) is 29.3 Å². The first kappa shape index (κ1) is 27.2. The number of para-hydroxylation sites is 1. The van der Waals surface area contributed by atoms with Crippen LogP contribution in [0.5, 0.6) is 0 Å². The van der Waals surface area contributed by atoms with Crippen LogP contribution in [-0.2, 0) is 0 Å². The molecule has 5 heteroatoms. The SMILES string of the molecule is C=Cc1c(/C=C(\C)C#N)c2cc(C#N)ccc2n1-c1cc(C#N)cc(-c2cccc3c2oc2ccc(-c4ccccc4)cc23)c1. The molecule has 0 bridgehead atoms. The average molecular weight is 577 g/mol. The minimum Gasteiger partial charge on any atom is -0.455 e. The zero-order valence-corrected chi connectivity index (χ0v) is 24.4. The van der Waals surface area contributed by atoms with Gasteiger partial charge in [0, 0.05) is 38.5 Å². The van der Waals surface area contributed by atoms with Crippen molar-refractivity contribution in [1.29, 1.82) is 15.8 Å². The van der Waals surface area contributed by atoms with E-state index in [2.05, 4.69) is 55.1 Å². The molecule has 0 unspecified atom stereocenters. The molecule has 0 amide bonds. The maximum atomic E-state index is 10.1. The van der Waals surface area contributed by atoms with Crippen molar-refractivity contribution in [2.75, 3.05) is 0 Å². The van der Waals surface area contributed by atoms with E-state index >= 15 is 0 Å². The van der Waals surface area contributed by atoms with E-state index in [4.69, 9.17) is 4.42 Å².